The molecule has 1 atom stereocenters. The lowest BCUT2D eigenvalue weighted by Crippen LogP contribution is -2.32. The van der Waals surface area contributed by atoms with Gasteiger partial charge >= 0.3 is 0 Å². The molecule has 26 heavy (non-hydrogen) atoms. The molecule has 0 unspecified atom stereocenters. The second-order valence-electron chi connectivity index (χ2n) is 6.16. The minimum absolute atomic E-state index is 0.0699. The minimum atomic E-state index is -0.906. The fourth-order valence-electron chi connectivity index (χ4n) is 3.26. The van der Waals surface area contributed by atoms with Crippen LogP contribution in [0.3, 0.4) is 0 Å². The second-order valence-corrected chi connectivity index (χ2v) is 6.56. The molecule has 2 aromatic rings. The van der Waals surface area contributed by atoms with Crippen molar-refractivity contribution in [2.75, 3.05) is 0 Å². The standard InChI is InChI=1S/C18H16ClFN2O4/c1-9-5-6-12-14(17(25)16(24)13(8-23)22(9)12)18(26)21-7-10-3-2-4-11(19)15(10)20/h2-4,8-9,24H,5-7H2,1H3,(H,21,26)/t9-/m1/s1. The monoisotopic (exact) mass is 378 g/mol. The van der Waals surface area contributed by atoms with Crippen molar-refractivity contribution in [3.8, 4) is 5.75 Å². The maximum Gasteiger partial charge on any atom is 0.257 e. The van der Waals surface area contributed by atoms with Crippen LogP contribution in [0, 0.1) is 5.82 Å². The maximum absolute atomic E-state index is 13.9. The number of carbonyl (C=O) groups is 2. The summed E-state index contributed by atoms with van der Waals surface area (Å²) in [5.41, 5.74) is -0.694. The van der Waals surface area contributed by atoms with Gasteiger partial charge in [0.2, 0.25) is 5.43 Å². The highest BCUT2D eigenvalue weighted by Gasteiger charge is 2.31. The molecule has 2 N–H and O–H groups in total. The van der Waals surface area contributed by atoms with E-state index in [0.29, 0.717) is 24.8 Å². The summed E-state index contributed by atoms with van der Waals surface area (Å²) in [5, 5.41) is 12.5. The molecule has 1 aliphatic heterocycles. The van der Waals surface area contributed by atoms with Crippen molar-refractivity contribution in [3.63, 3.8) is 0 Å². The van der Waals surface area contributed by atoms with Gasteiger partial charge < -0.3 is 15.0 Å². The van der Waals surface area contributed by atoms with E-state index in [1.807, 2.05) is 6.92 Å². The molecule has 0 bridgehead atoms. The van der Waals surface area contributed by atoms with E-state index in [0.717, 1.165) is 0 Å². The molecular formula is C18H16ClFN2O4. The van der Waals surface area contributed by atoms with Crippen LogP contribution < -0.4 is 10.7 Å². The summed E-state index contributed by atoms with van der Waals surface area (Å²) in [6.07, 6.45) is 1.46. The summed E-state index contributed by atoms with van der Waals surface area (Å²) in [7, 11) is 0. The van der Waals surface area contributed by atoms with Gasteiger partial charge in [0.05, 0.1) is 5.02 Å². The number of hydrogen-bond acceptors (Lipinski definition) is 4. The number of hydrogen-bond donors (Lipinski definition) is 2. The third-order valence-electron chi connectivity index (χ3n) is 4.57. The summed E-state index contributed by atoms with van der Waals surface area (Å²) in [6, 6.07) is 4.27. The Labute approximate surface area is 153 Å². The zero-order chi connectivity index (χ0) is 19.0. The van der Waals surface area contributed by atoms with Crippen LogP contribution in [0.4, 0.5) is 4.39 Å². The first-order valence-corrected chi connectivity index (χ1v) is 8.41. The highest BCUT2D eigenvalue weighted by Crippen LogP contribution is 2.31. The van der Waals surface area contributed by atoms with Crippen molar-refractivity contribution >= 4 is 23.8 Å². The third-order valence-corrected chi connectivity index (χ3v) is 4.86. The normalized spacial score (nSPS) is 15.6. The van der Waals surface area contributed by atoms with Crippen LogP contribution in [-0.2, 0) is 13.0 Å². The Kier molecular flexibility index (Phi) is 4.82. The number of nitrogens with zero attached hydrogens (tertiary/aromatic N) is 1. The van der Waals surface area contributed by atoms with Crippen molar-refractivity contribution in [2.24, 2.45) is 0 Å². The number of rotatable bonds is 4. The van der Waals surface area contributed by atoms with Gasteiger partial charge in [-0.05, 0) is 25.8 Å². The van der Waals surface area contributed by atoms with Crippen LogP contribution in [-0.4, -0.2) is 21.9 Å². The van der Waals surface area contributed by atoms with Crippen LogP contribution in [0.25, 0.3) is 0 Å². The first-order valence-electron chi connectivity index (χ1n) is 8.03. The summed E-state index contributed by atoms with van der Waals surface area (Å²) in [6.45, 7) is 1.66. The number of halogens is 2. The fourth-order valence-corrected chi connectivity index (χ4v) is 3.46. The highest BCUT2D eigenvalue weighted by atomic mass is 35.5. The molecule has 0 aliphatic carbocycles. The quantitative estimate of drug-likeness (QED) is 0.800. The van der Waals surface area contributed by atoms with E-state index in [1.165, 1.54) is 16.7 Å². The molecular weight excluding hydrogens is 363 g/mol. The number of aldehydes is 1. The van der Waals surface area contributed by atoms with Gasteiger partial charge in [0.25, 0.3) is 5.91 Å². The lowest BCUT2D eigenvalue weighted by atomic mass is 10.1. The van der Waals surface area contributed by atoms with Crippen molar-refractivity contribution in [3.05, 3.63) is 61.8 Å². The Morgan fingerprint density at radius 3 is 2.92 bits per heavy atom. The first-order chi connectivity index (χ1) is 12.4. The van der Waals surface area contributed by atoms with E-state index < -0.39 is 22.9 Å². The molecule has 0 spiro atoms. The van der Waals surface area contributed by atoms with E-state index in [-0.39, 0.29) is 34.4 Å². The summed E-state index contributed by atoms with van der Waals surface area (Å²) >= 11 is 5.71. The largest absolute Gasteiger partial charge is 0.503 e. The Bertz CT molecular complexity index is 971. The number of carbonyl (C=O) groups excluding carboxylic acids is 2. The third kappa shape index (κ3) is 2.88. The van der Waals surface area contributed by atoms with Crippen LogP contribution in [0.2, 0.25) is 5.02 Å². The van der Waals surface area contributed by atoms with Crippen LogP contribution in [0.5, 0.6) is 5.75 Å². The van der Waals surface area contributed by atoms with Crippen LogP contribution in [0.1, 0.15) is 51.5 Å². The molecule has 3 rings (SSSR count). The van der Waals surface area contributed by atoms with Gasteiger partial charge in [-0.3, -0.25) is 14.4 Å². The number of amides is 1. The zero-order valence-electron chi connectivity index (χ0n) is 13.9. The maximum atomic E-state index is 13.9. The molecule has 1 aliphatic rings. The number of pyridine rings is 1. The molecule has 0 fully saturated rings. The van der Waals surface area contributed by atoms with Gasteiger partial charge in [-0.1, -0.05) is 23.7 Å². The molecule has 1 aromatic heterocycles. The Hall–Kier alpha value is -2.67. The Morgan fingerprint density at radius 2 is 2.23 bits per heavy atom. The smallest absolute Gasteiger partial charge is 0.257 e. The minimum Gasteiger partial charge on any atom is -0.503 e. The predicted molar refractivity (Wildman–Crippen MR) is 93.4 cm³/mol. The number of aromatic hydroxyl groups is 1. The molecule has 8 heteroatoms. The van der Waals surface area contributed by atoms with Crippen LogP contribution >= 0.6 is 11.6 Å². The lowest BCUT2D eigenvalue weighted by Gasteiger charge is -2.17. The molecule has 0 saturated carbocycles. The van der Waals surface area contributed by atoms with Gasteiger partial charge in [-0.15, -0.1) is 0 Å². The predicted octanol–water partition coefficient (Wildman–Crippen LogP) is 2.60. The summed E-state index contributed by atoms with van der Waals surface area (Å²) in [5.74, 6) is -2.14. The zero-order valence-corrected chi connectivity index (χ0v) is 14.6. The van der Waals surface area contributed by atoms with Gasteiger partial charge in [-0.25, -0.2) is 4.39 Å². The lowest BCUT2D eigenvalue weighted by molar-refractivity contribution is 0.0946. The molecule has 6 nitrogen and oxygen atoms in total. The fraction of sp³-hybridized carbons (Fsp3) is 0.278. The van der Waals surface area contributed by atoms with E-state index in [4.69, 9.17) is 11.6 Å². The molecule has 136 valence electrons. The average molecular weight is 379 g/mol. The van der Waals surface area contributed by atoms with Crippen molar-refractivity contribution in [2.45, 2.75) is 32.4 Å². The SMILES string of the molecule is C[C@@H]1CCc2c(C(=O)NCc3cccc(Cl)c3F)c(=O)c(O)c(C=O)n21. The number of nitrogens with one attached hydrogen (secondary N) is 1. The summed E-state index contributed by atoms with van der Waals surface area (Å²) < 4.78 is 15.5. The first kappa shape index (κ1) is 18.1. The van der Waals surface area contributed by atoms with Gasteiger partial charge in [0.1, 0.15) is 17.1 Å². The van der Waals surface area contributed by atoms with E-state index in [9.17, 15) is 23.9 Å². The second kappa shape index (κ2) is 6.92. The number of aromatic nitrogens is 1. The van der Waals surface area contributed by atoms with Crippen molar-refractivity contribution < 1.29 is 19.1 Å². The van der Waals surface area contributed by atoms with E-state index >= 15 is 0 Å². The average Bonchev–Trinajstić information content (AvgIpc) is 2.98. The van der Waals surface area contributed by atoms with Gasteiger partial charge in [0, 0.05) is 23.8 Å². The molecule has 0 saturated heterocycles. The van der Waals surface area contributed by atoms with Crippen molar-refractivity contribution in [1.82, 2.24) is 9.88 Å². The topological polar surface area (TPSA) is 88.4 Å². The van der Waals surface area contributed by atoms with Crippen molar-refractivity contribution in [1.29, 1.82) is 0 Å². The Morgan fingerprint density at radius 1 is 1.50 bits per heavy atom. The van der Waals surface area contributed by atoms with E-state index in [1.54, 1.807) is 6.07 Å². The number of fused-ring (bicyclic) bond motifs is 1. The Balaban J connectivity index is 1.98. The molecule has 0 radical (unpaired) electrons. The highest BCUT2D eigenvalue weighted by molar-refractivity contribution is 6.30. The molecule has 2 heterocycles. The van der Waals surface area contributed by atoms with E-state index in [2.05, 4.69) is 5.32 Å². The molecule has 1 amide bonds. The van der Waals surface area contributed by atoms with Crippen LogP contribution in [0.15, 0.2) is 23.0 Å². The number of benzene rings is 1. The molecule has 1 aromatic carbocycles. The van der Waals surface area contributed by atoms with Gasteiger partial charge in [0.15, 0.2) is 12.0 Å². The summed E-state index contributed by atoms with van der Waals surface area (Å²) in [4.78, 5) is 36.3. The van der Waals surface area contributed by atoms with Gasteiger partial charge in [-0.2, -0.15) is 0 Å².